The quantitative estimate of drug-likeness (QED) is 0.928. The summed E-state index contributed by atoms with van der Waals surface area (Å²) in [5.41, 5.74) is 1.95. The van der Waals surface area contributed by atoms with Crippen molar-refractivity contribution in [3.63, 3.8) is 0 Å². The molecule has 6 nitrogen and oxygen atoms in total. The smallest absolute Gasteiger partial charge is 0.264 e. The van der Waals surface area contributed by atoms with Crippen LogP contribution in [0.1, 0.15) is 28.5 Å². The van der Waals surface area contributed by atoms with Gasteiger partial charge in [0.2, 0.25) is 0 Å². The van der Waals surface area contributed by atoms with Crippen molar-refractivity contribution in [1.82, 2.24) is 15.1 Å². The van der Waals surface area contributed by atoms with Crippen molar-refractivity contribution in [2.45, 2.75) is 19.9 Å². The molecular weight excluding hydrogens is 282 g/mol. The van der Waals surface area contributed by atoms with Gasteiger partial charge in [0.05, 0.1) is 17.9 Å². The topological polar surface area (TPSA) is 75.3 Å². The summed E-state index contributed by atoms with van der Waals surface area (Å²) in [5.74, 6) is 0.500. The number of carbonyl (C=O) groups is 1. The maximum Gasteiger partial charge on any atom is 0.264 e. The molecule has 1 aliphatic rings. The van der Waals surface area contributed by atoms with Crippen LogP contribution >= 0.6 is 0 Å². The summed E-state index contributed by atoms with van der Waals surface area (Å²) in [5, 5.41) is 6.46. The normalized spacial score (nSPS) is 13.6. The minimum absolute atomic E-state index is 0.0880. The minimum atomic E-state index is -0.247. The standard InChI is InChI=1S/C16H17N3O3/c1-2-22-14-6-4-3-5-12(14)16(21)19-8-7-13-11(10-19)9-15(20)18-17-13/h3-6,9H,2,7-8,10H2,1H3,(H,18,20). The molecule has 3 rings (SSSR count). The highest BCUT2D eigenvalue weighted by Gasteiger charge is 2.24. The summed E-state index contributed by atoms with van der Waals surface area (Å²) in [6.07, 6.45) is 0.634. The number of hydrogen-bond donors (Lipinski definition) is 1. The molecule has 1 aromatic carbocycles. The van der Waals surface area contributed by atoms with Gasteiger partial charge in [-0.15, -0.1) is 0 Å². The van der Waals surface area contributed by atoms with Crippen molar-refractivity contribution in [3.8, 4) is 5.75 Å². The predicted octanol–water partition coefficient (Wildman–Crippen LogP) is 1.37. The lowest BCUT2D eigenvalue weighted by Gasteiger charge is -2.28. The maximum atomic E-state index is 12.7. The van der Waals surface area contributed by atoms with E-state index in [9.17, 15) is 9.59 Å². The van der Waals surface area contributed by atoms with Gasteiger partial charge in [0.15, 0.2) is 0 Å². The van der Waals surface area contributed by atoms with Gasteiger partial charge in [-0.2, -0.15) is 5.10 Å². The van der Waals surface area contributed by atoms with Gasteiger partial charge in [-0.25, -0.2) is 5.10 Å². The number of aromatic nitrogens is 2. The first-order chi connectivity index (χ1) is 10.7. The summed E-state index contributed by atoms with van der Waals surface area (Å²) in [6.45, 7) is 3.36. The highest BCUT2D eigenvalue weighted by atomic mass is 16.5. The first kappa shape index (κ1) is 14.3. The molecule has 114 valence electrons. The van der Waals surface area contributed by atoms with Crippen LogP contribution < -0.4 is 10.3 Å². The van der Waals surface area contributed by atoms with Crippen molar-refractivity contribution in [2.24, 2.45) is 0 Å². The Kier molecular flexibility index (Phi) is 3.91. The zero-order valence-electron chi connectivity index (χ0n) is 12.3. The van der Waals surface area contributed by atoms with Crippen molar-refractivity contribution in [1.29, 1.82) is 0 Å². The number of rotatable bonds is 3. The van der Waals surface area contributed by atoms with E-state index in [0.29, 0.717) is 37.4 Å². The van der Waals surface area contributed by atoms with E-state index in [1.165, 1.54) is 6.07 Å². The molecule has 0 aliphatic carbocycles. The van der Waals surface area contributed by atoms with Crippen LogP contribution in [0, 0.1) is 0 Å². The SMILES string of the molecule is CCOc1ccccc1C(=O)N1CCc2n[nH]c(=O)cc2C1. The zero-order valence-corrected chi connectivity index (χ0v) is 12.3. The van der Waals surface area contributed by atoms with Crippen LogP contribution in [0.5, 0.6) is 5.75 Å². The molecule has 1 N–H and O–H groups in total. The van der Waals surface area contributed by atoms with Crippen molar-refractivity contribution in [2.75, 3.05) is 13.2 Å². The third kappa shape index (κ3) is 2.72. The van der Waals surface area contributed by atoms with Gasteiger partial charge in [-0.3, -0.25) is 9.59 Å². The second kappa shape index (κ2) is 6.01. The lowest BCUT2D eigenvalue weighted by atomic mass is 10.0. The average Bonchev–Trinajstić information content (AvgIpc) is 2.54. The zero-order chi connectivity index (χ0) is 15.5. The summed E-state index contributed by atoms with van der Waals surface area (Å²) in [4.78, 5) is 25.8. The number of aromatic amines is 1. The molecule has 22 heavy (non-hydrogen) atoms. The molecule has 0 bridgehead atoms. The minimum Gasteiger partial charge on any atom is -0.493 e. The van der Waals surface area contributed by atoms with Gasteiger partial charge in [0.1, 0.15) is 5.75 Å². The molecule has 0 unspecified atom stereocenters. The molecule has 0 fully saturated rings. The van der Waals surface area contributed by atoms with Crippen LogP contribution in [-0.2, 0) is 13.0 Å². The summed E-state index contributed by atoms with van der Waals surface area (Å²) < 4.78 is 5.52. The van der Waals surface area contributed by atoms with Gasteiger partial charge in [0, 0.05) is 31.1 Å². The Morgan fingerprint density at radius 3 is 3.05 bits per heavy atom. The molecular formula is C16H17N3O3. The largest absolute Gasteiger partial charge is 0.493 e. The third-order valence-electron chi connectivity index (χ3n) is 3.66. The average molecular weight is 299 g/mol. The third-order valence-corrected chi connectivity index (χ3v) is 3.66. The molecule has 1 aliphatic heterocycles. The highest BCUT2D eigenvalue weighted by molar-refractivity contribution is 5.97. The Bertz CT molecular complexity index is 754. The second-order valence-corrected chi connectivity index (χ2v) is 5.11. The first-order valence-electron chi connectivity index (χ1n) is 7.27. The van der Waals surface area contributed by atoms with Crippen LogP contribution in [0.4, 0.5) is 0 Å². The molecule has 0 saturated heterocycles. The fourth-order valence-corrected chi connectivity index (χ4v) is 2.62. The van der Waals surface area contributed by atoms with Crippen LogP contribution in [0.3, 0.4) is 0 Å². The predicted molar refractivity (Wildman–Crippen MR) is 80.9 cm³/mol. The van der Waals surface area contributed by atoms with Crippen LogP contribution in [0.2, 0.25) is 0 Å². The Labute approximate surface area is 127 Å². The molecule has 6 heteroatoms. The summed E-state index contributed by atoms with van der Waals surface area (Å²) >= 11 is 0. The number of ether oxygens (including phenoxy) is 1. The Hall–Kier alpha value is -2.63. The monoisotopic (exact) mass is 299 g/mol. The molecule has 0 saturated carbocycles. The van der Waals surface area contributed by atoms with E-state index >= 15 is 0 Å². The lowest BCUT2D eigenvalue weighted by molar-refractivity contribution is 0.0729. The summed E-state index contributed by atoms with van der Waals surface area (Å²) in [6, 6.07) is 8.73. The van der Waals surface area contributed by atoms with Gasteiger partial charge in [-0.05, 0) is 19.1 Å². The highest BCUT2D eigenvalue weighted by Crippen LogP contribution is 2.23. The number of nitrogens with zero attached hydrogens (tertiary/aromatic N) is 2. The van der Waals surface area contributed by atoms with Crippen molar-refractivity contribution in [3.05, 3.63) is 57.5 Å². The number of benzene rings is 1. The number of carbonyl (C=O) groups excluding carboxylic acids is 1. The number of hydrogen-bond acceptors (Lipinski definition) is 4. The van der Waals surface area contributed by atoms with E-state index < -0.39 is 0 Å². The van der Waals surface area contributed by atoms with E-state index in [1.807, 2.05) is 19.1 Å². The van der Waals surface area contributed by atoms with E-state index in [4.69, 9.17) is 4.74 Å². The molecule has 0 radical (unpaired) electrons. The number of fused-ring (bicyclic) bond motifs is 1. The lowest BCUT2D eigenvalue weighted by Crippen LogP contribution is -2.37. The van der Waals surface area contributed by atoms with E-state index in [-0.39, 0.29) is 11.5 Å². The number of amides is 1. The van der Waals surface area contributed by atoms with Crippen LogP contribution in [-0.4, -0.2) is 34.2 Å². The Morgan fingerprint density at radius 1 is 1.41 bits per heavy atom. The van der Waals surface area contributed by atoms with Gasteiger partial charge in [-0.1, -0.05) is 12.1 Å². The molecule has 0 atom stereocenters. The number of H-pyrrole nitrogens is 1. The molecule has 1 aromatic heterocycles. The number of nitrogens with one attached hydrogen (secondary N) is 1. The second-order valence-electron chi connectivity index (χ2n) is 5.11. The van der Waals surface area contributed by atoms with Crippen LogP contribution in [0.25, 0.3) is 0 Å². The number of para-hydroxylation sites is 1. The summed E-state index contributed by atoms with van der Waals surface area (Å²) in [7, 11) is 0. The van der Waals surface area contributed by atoms with Crippen molar-refractivity contribution >= 4 is 5.91 Å². The molecule has 2 aromatic rings. The van der Waals surface area contributed by atoms with Crippen molar-refractivity contribution < 1.29 is 9.53 Å². The van der Waals surface area contributed by atoms with E-state index in [0.717, 1.165) is 11.3 Å². The molecule has 1 amide bonds. The van der Waals surface area contributed by atoms with E-state index in [2.05, 4.69) is 10.2 Å². The fraction of sp³-hybridized carbons (Fsp3) is 0.312. The fourth-order valence-electron chi connectivity index (χ4n) is 2.62. The van der Waals surface area contributed by atoms with Gasteiger partial charge >= 0.3 is 0 Å². The van der Waals surface area contributed by atoms with Crippen LogP contribution in [0.15, 0.2) is 35.1 Å². The maximum absolute atomic E-state index is 12.7. The van der Waals surface area contributed by atoms with Gasteiger partial charge < -0.3 is 9.64 Å². The van der Waals surface area contributed by atoms with Gasteiger partial charge in [0.25, 0.3) is 11.5 Å². The molecule has 2 heterocycles. The Morgan fingerprint density at radius 2 is 2.23 bits per heavy atom. The Balaban J connectivity index is 1.86. The molecule has 0 spiro atoms. The first-order valence-corrected chi connectivity index (χ1v) is 7.27. The van der Waals surface area contributed by atoms with E-state index in [1.54, 1.807) is 17.0 Å².